The lowest BCUT2D eigenvalue weighted by molar-refractivity contribution is 0.0185. The second-order valence-electron chi connectivity index (χ2n) is 10.0. The number of nitrogens with one attached hydrogen (secondary N) is 2. The molecule has 2 aliphatic rings. The Hall–Kier alpha value is -1.55. The van der Waals surface area contributed by atoms with Gasteiger partial charge < -0.3 is 20.3 Å². The Labute approximate surface area is 216 Å². The minimum Gasteiger partial charge on any atom is -0.444 e. The van der Waals surface area contributed by atoms with E-state index < -0.39 is 5.60 Å². The predicted octanol–water partition coefficient (Wildman–Crippen LogP) is 4.08. The number of nitrogens with zero attached hydrogens (tertiary/aromatic N) is 3. The molecule has 0 spiro atoms. The zero-order chi connectivity index (χ0) is 23.0. The molecule has 1 aromatic carbocycles. The fraction of sp³-hybridized carbons (Fsp3) is 0.680. The summed E-state index contributed by atoms with van der Waals surface area (Å²) in [4.78, 5) is 21.0. The zero-order valence-electron chi connectivity index (χ0n) is 20.7. The van der Waals surface area contributed by atoms with Gasteiger partial charge in [0.2, 0.25) is 0 Å². The SMILES string of the molecule is CN=C(NCC1CCN(C(=O)OC(C)(C)C)CC1)NC1CCN(Cc2ccccc2)CC1.I. The van der Waals surface area contributed by atoms with Gasteiger partial charge in [-0.05, 0) is 57.9 Å². The summed E-state index contributed by atoms with van der Waals surface area (Å²) in [5.41, 5.74) is 0.944. The number of rotatable bonds is 5. The molecule has 8 heteroatoms. The van der Waals surface area contributed by atoms with E-state index in [1.54, 1.807) is 0 Å². The lowest BCUT2D eigenvalue weighted by atomic mass is 9.97. The highest BCUT2D eigenvalue weighted by Gasteiger charge is 2.27. The van der Waals surface area contributed by atoms with Crippen LogP contribution in [0.4, 0.5) is 4.79 Å². The van der Waals surface area contributed by atoms with E-state index in [2.05, 4.69) is 50.9 Å². The van der Waals surface area contributed by atoms with E-state index >= 15 is 0 Å². The summed E-state index contributed by atoms with van der Waals surface area (Å²) >= 11 is 0. The normalized spacial score (nSPS) is 19.0. The third-order valence-electron chi connectivity index (χ3n) is 6.23. The van der Waals surface area contributed by atoms with E-state index in [9.17, 15) is 4.79 Å². The van der Waals surface area contributed by atoms with Crippen molar-refractivity contribution < 1.29 is 9.53 Å². The summed E-state index contributed by atoms with van der Waals surface area (Å²) in [7, 11) is 1.84. The van der Waals surface area contributed by atoms with Crippen molar-refractivity contribution in [1.29, 1.82) is 0 Å². The summed E-state index contributed by atoms with van der Waals surface area (Å²) < 4.78 is 5.49. The van der Waals surface area contributed by atoms with Crippen molar-refractivity contribution in [3.63, 3.8) is 0 Å². The molecule has 33 heavy (non-hydrogen) atoms. The van der Waals surface area contributed by atoms with Crippen LogP contribution in [0.2, 0.25) is 0 Å². The molecule has 0 radical (unpaired) electrons. The predicted molar refractivity (Wildman–Crippen MR) is 145 cm³/mol. The van der Waals surface area contributed by atoms with Crippen LogP contribution >= 0.6 is 24.0 Å². The van der Waals surface area contributed by atoms with Gasteiger partial charge >= 0.3 is 6.09 Å². The highest BCUT2D eigenvalue weighted by atomic mass is 127. The van der Waals surface area contributed by atoms with Crippen LogP contribution in [0.3, 0.4) is 0 Å². The van der Waals surface area contributed by atoms with E-state index in [-0.39, 0.29) is 30.1 Å². The van der Waals surface area contributed by atoms with Crippen LogP contribution in [0.15, 0.2) is 35.3 Å². The maximum absolute atomic E-state index is 12.2. The highest BCUT2D eigenvalue weighted by molar-refractivity contribution is 14.0. The number of carbonyl (C=O) groups excluding carboxylic acids is 1. The van der Waals surface area contributed by atoms with Crippen LogP contribution in [-0.4, -0.2) is 73.3 Å². The molecule has 2 saturated heterocycles. The summed E-state index contributed by atoms with van der Waals surface area (Å²) in [5.74, 6) is 1.43. The van der Waals surface area contributed by atoms with Gasteiger partial charge in [-0.15, -0.1) is 24.0 Å². The number of piperidine rings is 2. The Morgan fingerprint density at radius 2 is 1.70 bits per heavy atom. The minimum absolute atomic E-state index is 0. The monoisotopic (exact) mass is 571 g/mol. The molecule has 1 aromatic rings. The fourth-order valence-electron chi connectivity index (χ4n) is 4.35. The molecule has 1 amide bonds. The Balaban J connectivity index is 0.00000385. The van der Waals surface area contributed by atoms with Crippen LogP contribution in [0.25, 0.3) is 0 Å². The Morgan fingerprint density at radius 3 is 2.27 bits per heavy atom. The maximum Gasteiger partial charge on any atom is 0.410 e. The average Bonchev–Trinajstić information content (AvgIpc) is 2.77. The van der Waals surface area contributed by atoms with Crippen LogP contribution in [-0.2, 0) is 11.3 Å². The lowest BCUT2D eigenvalue weighted by Crippen LogP contribution is -2.50. The molecular weight excluding hydrogens is 529 g/mol. The van der Waals surface area contributed by atoms with Gasteiger partial charge in [0.25, 0.3) is 0 Å². The standard InChI is InChI=1S/C25H41N5O2.HI/c1-25(2,3)32-24(31)30-16-10-20(11-17-30)18-27-23(26-4)28-22-12-14-29(15-13-22)19-21-8-6-5-7-9-21;/h5-9,20,22H,10-19H2,1-4H3,(H2,26,27,28);1H. The minimum atomic E-state index is -0.439. The number of hydrogen-bond acceptors (Lipinski definition) is 4. The zero-order valence-corrected chi connectivity index (χ0v) is 23.0. The van der Waals surface area contributed by atoms with Gasteiger partial charge in [-0.25, -0.2) is 4.79 Å². The Bertz CT molecular complexity index is 737. The lowest BCUT2D eigenvalue weighted by Gasteiger charge is -2.34. The first-order valence-corrected chi connectivity index (χ1v) is 12.0. The second-order valence-corrected chi connectivity index (χ2v) is 10.0. The number of likely N-dealkylation sites (tertiary alicyclic amines) is 2. The number of amides is 1. The van der Waals surface area contributed by atoms with Crippen molar-refractivity contribution >= 4 is 36.0 Å². The van der Waals surface area contributed by atoms with E-state index in [4.69, 9.17) is 4.74 Å². The van der Waals surface area contributed by atoms with Gasteiger partial charge in [0.15, 0.2) is 5.96 Å². The largest absolute Gasteiger partial charge is 0.444 e. The van der Waals surface area contributed by atoms with Crippen molar-refractivity contribution in [1.82, 2.24) is 20.4 Å². The molecular formula is C25H42IN5O2. The highest BCUT2D eigenvalue weighted by Crippen LogP contribution is 2.19. The molecule has 2 N–H and O–H groups in total. The topological polar surface area (TPSA) is 69.2 Å². The number of benzene rings is 1. The summed E-state index contributed by atoms with van der Waals surface area (Å²) in [6.07, 6.45) is 4.03. The molecule has 2 heterocycles. The van der Waals surface area contributed by atoms with Gasteiger partial charge in [0, 0.05) is 52.4 Å². The first-order valence-electron chi connectivity index (χ1n) is 12.0. The Kier molecular flexibility index (Phi) is 11.2. The van der Waals surface area contributed by atoms with Gasteiger partial charge in [-0.3, -0.25) is 9.89 Å². The van der Waals surface area contributed by atoms with Crippen LogP contribution in [0.5, 0.6) is 0 Å². The van der Waals surface area contributed by atoms with E-state index in [1.807, 2.05) is 32.7 Å². The molecule has 0 aromatic heterocycles. The second kappa shape index (κ2) is 13.4. The molecule has 0 aliphatic carbocycles. The maximum atomic E-state index is 12.2. The molecule has 3 rings (SSSR count). The number of ether oxygens (including phenoxy) is 1. The summed E-state index contributed by atoms with van der Waals surface area (Å²) in [6, 6.07) is 11.2. The number of halogens is 1. The van der Waals surface area contributed by atoms with Crippen LogP contribution < -0.4 is 10.6 Å². The van der Waals surface area contributed by atoms with Crippen molar-refractivity contribution in [2.75, 3.05) is 39.8 Å². The van der Waals surface area contributed by atoms with E-state index in [0.717, 1.165) is 70.9 Å². The quantitative estimate of drug-likeness (QED) is 0.317. The first kappa shape index (κ1) is 27.7. The molecule has 2 fully saturated rings. The van der Waals surface area contributed by atoms with Gasteiger partial charge in [0.1, 0.15) is 5.60 Å². The summed E-state index contributed by atoms with van der Waals surface area (Å²) in [6.45, 7) is 11.4. The smallest absolute Gasteiger partial charge is 0.410 e. The van der Waals surface area contributed by atoms with Crippen LogP contribution in [0.1, 0.15) is 52.0 Å². The van der Waals surface area contributed by atoms with E-state index in [0.29, 0.717) is 12.0 Å². The van der Waals surface area contributed by atoms with Crippen molar-refractivity contribution in [3.8, 4) is 0 Å². The third-order valence-corrected chi connectivity index (χ3v) is 6.23. The van der Waals surface area contributed by atoms with Gasteiger partial charge in [-0.1, -0.05) is 30.3 Å². The molecule has 0 bridgehead atoms. The number of guanidine groups is 1. The summed E-state index contributed by atoms with van der Waals surface area (Å²) in [5, 5.41) is 7.12. The van der Waals surface area contributed by atoms with Gasteiger partial charge in [0.05, 0.1) is 0 Å². The van der Waals surface area contributed by atoms with Crippen molar-refractivity contribution in [3.05, 3.63) is 35.9 Å². The molecule has 0 saturated carbocycles. The molecule has 2 aliphatic heterocycles. The molecule has 0 unspecified atom stereocenters. The molecule has 0 atom stereocenters. The van der Waals surface area contributed by atoms with Crippen LogP contribution in [0, 0.1) is 5.92 Å². The van der Waals surface area contributed by atoms with Crippen molar-refractivity contribution in [2.24, 2.45) is 10.9 Å². The fourth-order valence-corrected chi connectivity index (χ4v) is 4.35. The first-order chi connectivity index (χ1) is 15.3. The Morgan fingerprint density at radius 1 is 1.06 bits per heavy atom. The van der Waals surface area contributed by atoms with Gasteiger partial charge in [-0.2, -0.15) is 0 Å². The molecule has 7 nitrogen and oxygen atoms in total. The number of aliphatic imine (C=N–C) groups is 1. The van der Waals surface area contributed by atoms with Crippen molar-refractivity contribution in [2.45, 2.75) is 64.6 Å². The number of carbonyl (C=O) groups is 1. The van der Waals surface area contributed by atoms with E-state index in [1.165, 1.54) is 5.56 Å². The third kappa shape index (κ3) is 9.68. The number of hydrogen-bond donors (Lipinski definition) is 2. The average molecular weight is 572 g/mol. The molecule has 186 valence electrons.